The maximum absolute atomic E-state index is 5.61. The minimum atomic E-state index is 0.791. The van der Waals surface area contributed by atoms with Gasteiger partial charge < -0.3 is 8.98 Å². The smallest absolute Gasteiger partial charge is 0.181 e. The maximum atomic E-state index is 5.61. The fraction of sp³-hybridized carbons (Fsp3) is 0.143. The number of hydrogen-bond donors (Lipinski definition) is 0. The van der Waals surface area contributed by atoms with Gasteiger partial charge in [-0.25, -0.2) is 9.97 Å². The lowest BCUT2D eigenvalue weighted by Crippen LogP contribution is -2.01. The highest BCUT2D eigenvalue weighted by Crippen LogP contribution is 2.24. The van der Waals surface area contributed by atoms with Gasteiger partial charge in [0.25, 0.3) is 0 Å². The van der Waals surface area contributed by atoms with Crippen LogP contribution in [0.4, 0.5) is 0 Å². The molecule has 4 aromatic rings. The summed E-state index contributed by atoms with van der Waals surface area (Å²) in [6.07, 6.45) is 5.20. The molecule has 2 aromatic carbocycles. The Morgan fingerprint density at radius 3 is 2.28 bits per heavy atom. The number of rotatable bonds is 5. The van der Waals surface area contributed by atoms with Gasteiger partial charge in [0.2, 0.25) is 0 Å². The molecule has 2 heterocycles. The Kier molecular flexibility index (Phi) is 4.17. The average molecular weight is 329 g/mol. The Bertz CT molecular complexity index is 955. The van der Waals surface area contributed by atoms with Gasteiger partial charge in [-0.1, -0.05) is 60.7 Å². The molecule has 0 saturated carbocycles. The molecular weight excluding hydrogens is 310 g/mol. The van der Waals surface area contributed by atoms with Crippen molar-refractivity contribution < 1.29 is 4.42 Å². The number of nitrogens with zero attached hydrogens (tertiary/aromatic N) is 3. The molecule has 0 spiro atoms. The molecule has 0 radical (unpaired) electrons. The van der Waals surface area contributed by atoms with E-state index in [0.29, 0.717) is 0 Å². The normalized spacial score (nSPS) is 10.9. The summed E-state index contributed by atoms with van der Waals surface area (Å²) in [6, 6.07) is 20.3. The summed E-state index contributed by atoms with van der Waals surface area (Å²) in [6.45, 7) is 0. The molecule has 2 aromatic heterocycles. The number of aryl methyl sites for hydroxylation is 3. The average Bonchev–Trinajstić information content (AvgIpc) is 3.28. The van der Waals surface area contributed by atoms with Gasteiger partial charge in [0.1, 0.15) is 5.82 Å². The molecule has 0 atom stereocenters. The van der Waals surface area contributed by atoms with Crippen LogP contribution >= 0.6 is 0 Å². The highest BCUT2D eigenvalue weighted by atomic mass is 16.3. The van der Waals surface area contributed by atoms with Gasteiger partial charge >= 0.3 is 0 Å². The molecule has 4 rings (SSSR count). The molecular formula is C21H19N3O. The van der Waals surface area contributed by atoms with Crippen molar-refractivity contribution in [1.29, 1.82) is 0 Å². The molecule has 0 saturated heterocycles. The van der Waals surface area contributed by atoms with E-state index in [2.05, 4.69) is 27.9 Å². The van der Waals surface area contributed by atoms with Gasteiger partial charge in [-0.05, 0) is 0 Å². The van der Waals surface area contributed by atoms with Gasteiger partial charge in [0, 0.05) is 37.2 Å². The zero-order chi connectivity index (χ0) is 17.1. The highest BCUT2D eigenvalue weighted by molar-refractivity contribution is 5.60. The van der Waals surface area contributed by atoms with Crippen molar-refractivity contribution >= 4 is 0 Å². The first-order chi connectivity index (χ1) is 12.3. The molecule has 0 aliphatic carbocycles. The van der Waals surface area contributed by atoms with E-state index < -0.39 is 0 Å². The molecule has 0 aliphatic rings. The first-order valence-corrected chi connectivity index (χ1v) is 8.37. The predicted octanol–water partition coefficient (Wildman–Crippen LogP) is 4.53. The van der Waals surface area contributed by atoms with Crippen LogP contribution in [0.5, 0.6) is 0 Å². The van der Waals surface area contributed by atoms with E-state index in [4.69, 9.17) is 9.40 Å². The number of oxazole rings is 1. The number of benzene rings is 2. The van der Waals surface area contributed by atoms with Crippen LogP contribution in [0, 0.1) is 0 Å². The van der Waals surface area contributed by atoms with Crippen molar-refractivity contribution in [3.63, 3.8) is 0 Å². The molecule has 4 nitrogen and oxygen atoms in total. The lowest BCUT2D eigenvalue weighted by Gasteiger charge is -2.02. The monoisotopic (exact) mass is 329 g/mol. The third-order valence-electron chi connectivity index (χ3n) is 4.30. The summed E-state index contributed by atoms with van der Waals surface area (Å²) in [4.78, 5) is 9.19. The second kappa shape index (κ2) is 6.77. The zero-order valence-electron chi connectivity index (χ0n) is 14.1. The Labute approximate surface area is 146 Å². The van der Waals surface area contributed by atoms with Crippen LogP contribution in [-0.2, 0) is 19.9 Å². The fourth-order valence-electron chi connectivity index (χ4n) is 2.99. The van der Waals surface area contributed by atoms with Crippen LogP contribution in [0.1, 0.15) is 11.5 Å². The molecule has 0 amide bonds. The van der Waals surface area contributed by atoms with Gasteiger partial charge in [-0.15, -0.1) is 0 Å². The van der Waals surface area contributed by atoms with Crippen LogP contribution in [0.25, 0.3) is 22.6 Å². The van der Waals surface area contributed by atoms with E-state index in [1.54, 1.807) is 0 Å². The molecule has 0 aliphatic heterocycles. The van der Waals surface area contributed by atoms with Crippen molar-refractivity contribution in [3.8, 4) is 22.6 Å². The standard InChI is InChI=1S/C21H19N3O/c1-24-14-19(16-8-4-2-5-9-16)23-20(24)13-12-18-21(25-15-22-18)17-10-6-3-7-11-17/h2-11,14-15H,12-13H2,1H3. The van der Waals surface area contributed by atoms with Crippen LogP contribution in [0.3, 0.4) is 0 Å². The summed E-state index contributed by atoms with van der Waals surface area (Å²) in [5, 5.41) is 0. The summed E-state index contributed by atoms with van der Waals surface area (Å²) < 4.78 is 7.69. The minimum absolute atomic E-state index is 0.791. The van der Waals surface area contributed by atoms with E-state index in [-0.39, 0.29) is 0 Å². The third-order valence-corrected chi connectivity index (χ3v) is 4.30. The molecule has 25 heavy (non-hydrogen) atoms. The first kappa shape index (κ1) is 15.4. The summed E-state index contributed by atoms with van der Waals surface area (Å²) in [5.74, 6) is 1.89. The Morgan fingerprint density at radius 1 is 0.880 bits per heavy atom. The Balaban J connectivity index is 1.53. The molecule has 0 unspecified atom stereocenters. The Morgan fingerprint density at radius 2 is 1.56 bits per heavy atom. The minimum Gasteiger partial charge on any atom is -0.443 e. The Hall–Kier alpha value is -3.14. The van der Waals surface area contributed by atoms with Crippen molar-refractivity contribution in [2.75, 3.05) is 0 Å². The summed E-state index contributed by atoms with van der Waals surface area (Å²) in [5.41, 5.74) is 4.16. The van der Waals surface area contributed by atoms with E-state index in [1.165, 1.54) is 6.39 Å². The zero-order valence-corrected chi connectivity index (χ0v) is 14.1. The highest BCUT2D eigenvalue weighted by Gasteiger charge is 2.13. The number of hydrogen-bond acceptors (Lipinski definition) is 3. The number of aromatic nitrogens is 3. The summed E-state index contributed by atoms with van der Waals surface area (Å²) in [7, 11) is 2.04. The molecule has 0 fully saturated rings. The lowest BCUT2D eigenvalue weighted by molar-refractivity contribution is 0.570. The molecule has 124 valence electrons. The molecule has 4 heteroatoms. The van der Waals surface area contributed by atoms with Crippen LogP contribution < -0.4 is 0 Å². The second-order valence-electron chi connectivity index (χ2n) is 6.01. The topological polar surface area (TPSA) is 43.9 Å². The van der Waals surface area contributed by atoms with Crippen molar-refractivity contribution in [1.82, 2.24) is 14.5 Å². The van der Waals surface area contributed by atoms with E-state index in [1.807, 2.05) is 55.6 Å². The van der Waals surface area contributed by atoms with E-state index in [0.717, 1.165) is 46.9 Å². The maximum Gasteiger partial charge on any atom is 0.181 e. The predicted molar refractivity (Wildman–Crippen MR) is 98.0 cm³/mol. The SMILES string of the molecule is Cn1cc(-c2ccccc2)nc1CCc1ncoc1-c1ccccc1. The van der Waals surface area contributed by atoms with E-state index >= 15 is 0 Å². The van der Waals surface area contributed by atoms with Gasteiger partial charge in [-0.2, -0.15) is 0 Å². The number of imidazole rings is 1. The van der Waals surface area contributed by atoms with Crippen molar-refractivity contribution in [3.05, 3.63) is 84.8 Å². The molecule has 0 N–H and O–H groups in total. The van der Waals surface area contributed by atoms with Gasteiger partial charge in [0.05, 0.1) is 11.4 Å². The van der Waals surface area contributed by atoms with Crippen molar-refractivity contribution in [2.45, 2.75) is 12.8 Å². The second-order valence-corrected chi connectivity index (χ2v) is 6.01. The largest absolute Gasteiger partial charge is 0.443 e. The van der Waals surface area contributed by atoms with E-state index in [9.17, 15) is 0 Å². The van der Waals surface area contributed by atoms with Gasteiger partial charge in [0.15, 0.2) is 12.2 Å². The first-order valence-electron chi connectivity index (χ1n) is 8.37. The lowest BCUT2D eigenvalue weighted by atomic mass is 10.1. The quantitative estimate of drug-likeness (QED) is 0.540. The van der Waals surface area contributed by atoms with Gasteiger partial charge in [-0.3, -0.25) is 0 Å². The van der Waals surface area contributed by atoms with Crippen LogP contribution in [0.2, 0.25) is 0 Å². The van der Waals surface area contributed by atoms with Crippen LogP contribution in [-0.4, -0.2) is 14.5 Å². The fourth-order valence-corrected chi connectivity index (χ4v) is 2.99. The third kappa shape index (κ3) is 3.24. The van der Waals surface area contributed by atoms with Crippen molar-refractivity contribution in [2.24, 2.45) is 7.05 Å². The van der Waals surface area contributed by atoms with Crippen LogP contribution in [0.15, 0.2) is 77.7 Å². The molecule has 0 bridgehead atoms. The summed E-state index contributed by atoms with van der Waals surface area (Å²) >= 11 is 0.